The van der Waals surface area contributed by atoms with Gasteiger partial charge in [-0.1, -0.05) is 0 Å². The molecular weight excluding hydrogens is 170 g/mol. The maximum Gasteiger partial charge on any atom is 0.211 e. The van der Waals surface area contributed by atoms with Crippen LogP contribution in [0.25, 0.3) is 0 Å². The van der Waals surface area contributed by atoms with Crippen molar-refractivity contribution in [1.82, 2.24) is 4.31 Å². The van der Waals surface area contributed by atoms with Crippen LogP contribution < -0.4 is 0 Å². The number of nitrogens with zero attached hydrogens (tertiary/aromatic N) is 1. The molecule has 0 atom stereocenters. The van der Waals surface area contributed by atoms with Crippen LogP contribution >= 0.6 is 0 Å². The summed E-state index contributed by atoms with van der Waals surface area (Å²) in [7, 11) is -2.00. The highest BCUT2D eigenvalue weighted by atomic mass is 32.2. The van der Waals surface area contributed by atoms with Gasteiger partial charge in [-0.15, -0.1) is 0 Å². The van der Waals surface area contributed by atoms with E-state index in [0.717, 1.165) is 10.6 Å². The van der Waals surface area contributed by atoms with Gasteiger partial charge in [0, 0.05) is 7.05 Å². The van der Waals surface area contributed by atoms with Crippen LogP contribution in [0.5, 0.6) is 0 Å². The first-order chi connectivity index (χ1) is 4.93. The summed E-state index contributed by atoms with van der Waals surface area (Å²) in [6.45, 7) is -0.750. The standard InChI is InChI=1S/C5H13NO4S/c1-6(11(2,9)10)5(3-7)4-8/h5,7-8H,3-4H2,1-2H3. The van der Waals surface area contributed by atoms with Gasteiger partial charge < -0.3 is 10.2 Å². The molecule has 0 unspecified atom stereocenters. The smallest absolute Gasteiger partial charge is 0.211 e. The minimum Gasteiger partial charge on any atom is -0.395 e. The van der Waals surface area contributed by atoms with Crippen LogP contribution in [-0.2, 0) is 10.0 Å². The average Bonchev–Trinajstić information content (AvgIpc) is 1.88. The maximum absolute atomic E-state index is 10.8. The third kappa shape index (κ3) is 3.15. The largest absolute Gasteiger partial charge is 0.395 e. The van der Waals surface area contributed by atoms with Gasteiger partial charge in [-0.05, 0) is 0 Å². The van der Waals surface area contributed by atoms with Crippen LogP contribution in [0.2, 0.25) is 0 Å². The molecule has 0 rings (SSSR count). The van der Waals surface area contributed by atoms with Gasteiger partial charge in [-0.25, -0.2) is 8.42 Å². The van der Waals surface area contributed by atoms with Crippen molar-refractivity contribution in [2.75, 3.05) is 26.5 Å². The molecule has 6 heteroatoms. The highest BCUT2D eigenvalue weighted by Crippen LogP contribution is 2.00. The van der Waals surface area contributed by atoms with Crippen molar-refractivity contribution in [2.24, 2.45) is 0 Å². The van der Waals surface area contributed by atoms with Crippen molar-refractivity contribution >= 4 is 10.0 Å². The number of hydrogen-bond acceptors (Lipinski definition) is 4. The van der Waals surface area contributed by atoms with Gasteiger partial charge in [0.1, 0.15) is 0 Å². The summed E-state index contributed by atoms with van der Waals surface area (Å²) >= 11 is 0. The average molecular weight is 183 g/mol. The molecule has 5 nitrogen and oxygen atoms in total. The fourth-order valence-corrected chi connectivity index (χ4v) is 1.23. The number of sulfonamides is 1. The fourth-order valence-electron chi connectivity index (χ4n) is 0.558. The highest BCUT2D eigenvalue weighted by molar-refractivity contribution is 7.88. The Labute approximate surface area is 66.3 Å². The summed E-state index contributed by atoms with van der Waals surface area (Å²) in [4.78, 5) is 0. The second-order valence-electron chi connectivity index (χ2n) is 2.30. The molecule has 68 valence electrons. The van der Waals surface area contributed by atoms with Crippen LogP contribution in [0.3, 0.4) is 0 Å². The third-order valence-electron chi connectivity index (χ3n) is 1.46. The van der Waals surface area contributed by atoms with Crippen molar-refractivity contribution in [1.29, 1.82) is 0 Å². The predicted octanol–water partition coefficient (Wildman–Crippen LogP) is -1.77. The number of aliphatic hydroxyl groups is 2. The van der Waals surface area contributed by atoms with Gasteiger partial charge in [0.25, 0.3) is 0 Å². The topological polar surface area (TPSA) is 77.8 Å². The Morgan fingerprint density at radius 1 is 1.36 bits per heavy atom. The molecule has 0 saturated carbocycles. The molecular formula is C5H13NO4S. The van der Waals surface area contributed by atoms with E-state index >= 15 is 0 Å². The molecule has 0 aromatic rings. The Morgan fingerprint density at radius 3 is 1.82 bits per heavy atom. The van der Waals surface area contributed by atoms with E-state index in [1.54, 1.807) is 0 Å². The van der Waals surface area contributed by atoms with E-state index in [1.165, 1.54) is 7.05 Å². The molecule has 0 aliphatic rings. The Bertz CT molecular complexity index is 197. The number of likely N-dealkylation sites (N-methyl/N-ethyl adjacent to an activating group) is 1. The number of aliphatic hydroxyl groups excluding tert-OH is 2. The third-order valence-corrected chi connectivity index (χ3v) is 2.80. The first kappa shape index (κ1) is 10.8. The molecule has 0 radical (unpaired) electrons. The van der Waals surface area contributed by atoms with Crippen molar-refractivity contribution < 1.29 is 18.6 Å². The lowest BCUT2D eigenvalue weighted by Crippen LogP contribution is -2.41. The van der Waals surface area contributed by atoms with Crippen LogP contribution in [0, 0.1) is 0 Å². The molecule has 0 aromatic heterocycles. The zero-order valence-corrected chi connectivity index (χ0v) is 7.37. The quantitative estimate of drug-likeness (QED) is 0.541. The predicted molar refractivity (Wildman–Crippen MR) is 40.6 cm³/mol. The van der Waals surface area contributed by atoms with Crippen molar-refractivity contribution in [2.45, 2.75) is 6.04 Å². The molecule has 0 fully saturated rings. The molecule has 0 heterocycles. The van der Waals surface area contributed by atoms with Crippen LogP contribution in [0.4, 0.5) is 0 Å². The van der Waals surface area contributed by atoms with E-state index in [4.69, 9.17) is 10.2 Å². The van der Waals surface area contributed by atoms with Gasteiger partial charge >= 0.3 is 0 Å². The number of hydrogen-bond donors (Lipinski definition) is 2. The monoisotopic (exact) mass is 183 g/mol. The summed E-state index contributed by atoms with van der Waals surface area (Å²) in [6, 6.07) is -0.731. The summed E-state index contributed by atoms with van der Waals surface area (Å²) in [5.41, 5.74) is 0. The Morgan fingerprint density at radius 2 is 1.73 bits per heavy atom. The Balaban J connectivity index is 4.33. The number of rotatable bonds is 4. The van der Waals surface area contributed by atoms with Crippen LogP contribution in [-0.4, -0.2) is 55.5 Å². The van der Waals surface area contributed by atoms with Gasteiger partial charge in [0.2, 0.25) is 10.0 Å². The summed E-state index contributed by atoms with van der Waals surface area (Å²) in [5, 5.41) is 17.2. The van der Waals surface area contributed by atoms with E-state index in [0.29, 0.717) is 0 Å². The first-order valence-electron chi connectivity index (χ1n) is 3.08. The molecule has 0 amide bonds. The summed E-state index contributed by atoms with van der Waals surface area (Å²) in [6.07, 6.45) is 1.02. The minimum atomic E-state index is -3.31. The van der Waals surface area contributed by atoms with Crippen molar-refractivity contribution in [3.8, 4) is 0 Å². The molecule has 0 aromatic carbocycles. The van der Waals surface area contributed by atoms with Gasteiger partial charge in [-0.2, -0.15) is 4.31 Å². The van der Waals surface area contributed by atoms with E-state index in [-0.39, 0.29) is 13.2 Å². The summed E-state index contributed by atoms with van der Waals surface area (Å²) < 4.78 is 22.5. The summed E-state index contributed by atoms with van der Waals surface area (Å²) in [5.74, 6) is 0. The Hall–Kier alpha value is -0.170. The SMILES string of the molecule is CN(C(CO)CO)S(C)(=O)=O. The normalized spacial score (nSPS) is 12.9. The lowest BCUT2D eigenvalue weighted by atomic mass is 10.3. The zero-order chi connectivity index (χ0) is 9.07. The van der Waals surface area contributed by atoms with Crippen molar-refractivity contribution in [3.05, 3.63) is 0 Å². The van der Waals surface area contributed by atoms with Gasteiger partial charge in [0.15, 0.2) is 0 Å². The molecule has 0 bridgehead atoms. The molecule has 0 aliphatic heterocycles. The molecule has 2 N–H and O–H groups in total. The molecule has 11 heavy (non-hydrogen) atoms. The van der Waals surface area contributed by atoms with Gasteiger partial charge in [0.05, 0.1) is 25.5 Å². The van der Waals surface area contributed by atoms with Crippen LogP contribution in [0.1, 0.15) is 0 Å². The van der Waals surface area contributed by atoms with Crippen LogP contribution in [0.15, 0.2) is 0 Å². The highest BCUT2D eigenvalue weighted by Gasteiger charge is 2.20. The second-order valence-corrected chi connectivity index (χ2v) is 4.34. The molecule has 0 saturated heterocycles. The Kier molecular flexibility index (Phi) is 3.95. The lowest BCUT2D eigenvalue weighted by Gasteiger charge is -2.21. The maximum atomic E-state index is 10.8. The fraction of sp³-hybridized carbons (Fsp3) is 1.00. The zero-order valence-electron chi connectivity index (χ0n) is 6.56. The van der Waals surface area contributed by atoms with E-state index in [9.17, 15) is 8.42 Å². The van der Waals surface area contributed by atoms with E-state index in [1.807, 2.05) is 0 Å². The van der Waals surface area contributed by atoms with Gasteiger partial charge in [-0.3, -0.25) is 0 Å². The van der Waals surface area contributed by atoms with E-state index < -0.39 is 16.1 Å². The van der Waals surface area contributed by atoms with E-state index in [2.05, 4.69) is 0 Å². The first-order valence-corrected chi connectivity index (χ1v) is 4.93. The molecule has 0 spiro atoms. The van der Waals surface area contributed by atoms with Crippen molar-refractivity contribution in [3.63, 3.8) is 0 Å². The molecule has 0 aliphatic carbocycles. The minimum absolute atomic E-state index is 0.375. The lowest BCUT2D eigenvalue weighted by molar-refractivity contribution is 0.136. The second kappa shape index (κ2) is 4.01.